The average Bonchev–Trinajstić information content (AvgIpc) is 3.23. The molecule has 0 radical (unpaired) electrons. The number of carbonyl (C=O) groups excluding carboxylic acids is 3. The van der Waals surface area contributed by atoms with Crippen LogP contribution in [-0.4, -0.2) is 122 Å². The summed E-state index contributed by atoms with van der Waals surface area (Å²) in [4.78, 5) is 52.1. The Kier molecular flexibility index (Phi) is 15.7. The van der Waals surface area contributed by atoms with E-state index in [1.807, 2.05) is 103 Å². The number of carbonyl (C=O) groups is 3. The van der Waals surface area contributed by atoms with E-state index in [9.17, 15) is 32.7 Å². The van der Waals surface area contributed by atoms with Gasteiger partial charge in [0.1, 0.15) is 6.04 Å². The van der Waals surface area contributed by atoms with E-state index in [-0.39, 0.29) is 31.4 Å². The molecule has 59 heavy (non-hydrogen) atoms. The van der Waals surface area contributed by atoms with Gasteiger partial charge in [0, 0.05) is 104 Å². The SMILES string of the molecule is CC(=O)N1CCN(c2ccc(CN(C(=O)C=Cc3ccc(C(F)(F)F)cc3)C(Cc3ccccc3)C(=O)N(C)CCN(C)Cc3ccc(N(C)CCO)cc3)cc2)CC1. The number of likely N-dealkylation sites (N-methyl/N-ethyl adjacent to an activating group) is 3. The molecule has 10 nitrogen and oxygen atoms in total. The van der Waals surface area contributed by atoms with Crippen molar-refractivity contribution in [3.8, 4) is 0 Å². The third kappa shape index (κ3) is 12.9. The van der Waals surface area contributed by atoms with Crippen molar-refractivity contribution in [2.75, 3.05) is 83.4 Å². The van der Waals surface area contributed by atoms with E-state index in [0.29, 0.717) is 57.9 Å². The maximum atomic E-state index is 14.6. The van der Waals surface area contributed by atoms with Crippen molar-refractivity contribution in [2.24, 2.45) is 0 Å². The number of piperazine rings is 1. The average molecular weight is 813 g/mol. The van der Waals surface area contributed by atoms with Gasteiger partial charge >= 0.3 is 6.18 Å². The van der Waals surface area contributed by atoms with Gasteiger partial charge < -0.3 is 34.5 Å². The van der Waals surface area contributed by atoms with Gasteiger partial charge in [-0.25, -0.2) is 0 Å². The van der Waals surface area contributed by atoms with Gasteiger partial charge in [0.15, 0.2) is 0 Å². The highest BCUT2D eigenvalue weighted by atomic mass is 19.4. The topological polar surface area (TPSA) is 90.9 Å². The lowest BCUT2D eigenvalue weighted by Gasteiger charge is -2.36. The Morgan fingerprint density at radius 2 is 1.36 bits per heavy atom. The zero-order chi connectivity index (χ0) is 42.5. The molecule has 4 aromatic rings. The molecule has 0 aromatic heterocycles. The molecule has 1 saturated heterocycles. The number of rotatable bonds is 17. The molecule has 0 aliphatic carbocycles. The highest BCUT2D eigenvalue weighted by molar-refractivity contribution is 5.95. The van der Waals surface area contributed by atoms with Crippen molar-refractivity contribution in [1.82, 2.24) is 19.6 Å². The second-order valence-corrected chi connectivity index (χ2v) is 15.1. The molecule has 1 fully saturated rings. The maximum absolute atomic E-state index is 14.6. The van der Waals surface area contributed by atoms with Crippen LogP contribution in [0.15, 0.2) is 109 Å². The van der Waals surface area contributed by atoms with Crippen LogP contribution in [0.2, 0.25) is 0 Å². The zero-order valence-electron chi connectivity index (χ0n) is 34.3. The third-order valence-electron chi connectivity index (χ3n) is 10.7. The van der Waals surface area contributed by atoms with Gasteiger partial charge in [-0.2, -0.15) is 13.2 Å². The molecule has 0 spiro atoms. The summed E-state index contributed by atoms with van der Waals surface area (Å²) in [6.07, 6.45) is -1.45. The Labute approximate surface area is 345 Å². The van der Waals surface area contributed by atoms with Crippen LogP contribution >= 0.6 is 0 Å². The van der Waals surface area contributed by atoms with Crippen LogP contribution in [0.5, 0.6) is 0 Å². The minimum absolute atomic E-state index is 0.0553. The number of nitrogens with zero attached hydrogens (tertiary/aromatic N) is 6. The van der Waals surface area contributed by atoms with E-state index in [2.05, 4.69) is 9.80 Å². The summed E-state index contributed by atoms with van der Waals surface area (Å²) in [6, 6.07) is 29.1. The van der Waals surface area contributed by atoms with Crippen molar-refractivity contribution < 1.29 is 32.7 Å². The molecule has 5 rings (SSSR count). The van der Waals surface area contributed by atoms with E-state index < -0.39 is 23.7 Å². The van der Waals surface area contributed by atoms with E-state index in [0.717, 1.165) is 40.2 Å². The number of anilines is 2. The second kappa shape index (κ2) is 20.9. The zero-order valence-corrected chi connectivity index (χ0v) is 34.3. The molecule has 0 saturated carbocycles. The monoisotopic (exact) mass is 812 g/mol. The van der Waals surface area contributed by atoms with Gasteiger partial charge in [0.25, 0.3) is 0 Å². The molecule has 1 heterocycles. The van der Waals surface area contributed by atoms with Crippen LogP contribution in [0.25, 0.3) is 6.08 Å². The van der Waals surface area contributed by atoms with Crippen LogP contribution in [0.4, 0.5) is 24.5 Å². The summed E-state index contributed by atoms with van der Waals surface area (Å²) >= 11 is 0. The minimum atomic E-state index is -4.48. The molecule has 314 valence electrons. The normalized spacial score (nSPS) is 13.8. The fraction of sp³-hybridized carbons (Fsp3) is 0.370. The Bertz CT molecular complexity index is 1980. The molecule has 1 aliphatic heterocycles. The minimum Gasteiger partial charge on any atom is -0.395 e. The van der Waals surface area contributed by atoms with Crippen LogP contribution in [0, 0.1) is 0 Å². The Morgan fingerprint density at radius 1 is 0.746 bits per heavy atom. The van der Waals surface area contributed by atoms with E-state index >= 15 is 0 Å². The van der Waals surface area contributed by atoms with Crippen molar-refractivity contribution >= 4 is 35.2 Å². The molecular formula is C46H55F3N6O4. The van der Waals surface area contributed by atoms with Crippen LogP contribution in [-0.2, 0) is 40.1 Å². The summed E-state index contributed by atoms with van der Waals surface area (Å²) in [5.74, 6) is -0.642. The highest BCUT2D eigenvalue weighted by Crippen LogP contribution is 2.29. The number of aliphatic hydroxyl groups is 1. The molecule has 1 N–H and O–H groups in total. The van der Waals surface area contributed by atoms with Crippen LogP contribution < -0.4 is 9.80 Å². The third-order valence-corrected chi connectivity index (χ3v) is 10.7. The number of alkyl halides is 3. The van der Waals surface area contributed by atoms with Crippen molar-refractivity contribution in [3.05, 3.63) is 137 Å². The van der Waals surface area contributed by atoms with Gasteiger partial charge in [-0.05, 0) is 71.8 Å². The second-order valence-electron chi connectivity index (χ2n) is 15.1. The Balaban J connectivity index is 1.37. The van der Waals surface area contributed by atoms with Crippen LogP contribution in [0.3, 0.4) is 0 Å². The van der Waals surface area contributed by atoms with Crippen LogP contribution in [0.1, 0.15) is 34.7 Å². The lowest BCUT2D eigenvalue weighted by Crippen LogP contribution is -2.51. The van der Waals surface area contributed by atoms with Gasteiger partial charge in [-0.3, -0.25) is 14.4 Å². The first-order chi connectivity index (χ1) is 28.2. The first-order valence-electron chi connectivity index (χ1n) is 19.9. The molecule has 3 amide bonds. The first-order valence-corrected chi connectivity index (χ1v) is 19.9. The Hall–Kier alpha value is -5.66. The van der Waals surface area contributed by atoms with E-state index in [1.165, 1.54) is 24.3 Å². The maximum Gasteiger partial charge on any atom is 0.416 e. The summed E-state index contributed by atoms with van der Waals surface area (Å²) in [5.41, 5.74) is 4.40. The molecule has 1 unspecified atom stereocenters. The largest absolute Gasteiger partial charge is 0.416 e. The Morgan fingerprint density at radius 3 is 1.95 bits per heavy atom. The summed E-state index contributed by atoms with van der Waals surface area (Å²) in [5, 5.41) is 9.27. The lowest BCUT2D eigenvalue weighted by atomic mass is 10.0. The van der Waals surface area contributed by atoms with E-state index in [1.54, 1.807) is 23.8 Å². The molecule has 0 bridgehead atoms. The number of hydrogen-bond acceptors (Lipinski definition) is 7. The quantitative estimate of drug-likeness (QED) is 0.130. The number of benzene rings is 4. The number of halogens is 3. The van der Waals surface area contributed by atoms with Crippen molar-refractivity contribution in [3.63, 3.8) is 0 Å². The smallest absolute Gasteiger partial charge is 0.395 e. The molecule has 1 atom stereocenters. The molecule has 4 aromatic carbocycles. The predicted molar refractivity (Wildman–Crippen MR) is 227 cm³/mol. The number of hydrogen-bond donors (Lipinski definition) is 1. The number of aliphatic hydroxyl groups excluding tert-OH is 1. The number of amides is 3. The highest BCUT2D eigenvalue weighted by Gasteiger charge is 2.32. The van der Waals surface area contributed by atoms with Gasteiger partial charge in [0.2, 0.25) is 17.7 Å². The fourth-order valence-electron chi connectivity index (χ4n) is 7.06. The summed E-state index contributed by atoms with van der Waals surface area (Å²) < 4.78 is 39.7. The predicted octanol–water partition coefficient (Wildman–Crippen LogP) is 6.05. The molecule has 13 heteroatoms. The van der Waals surface area contributed by atoms with Gasteiger partial charge in [0.05, 0.1) is 12.2 Å². The van der Waals surface area contributed by atoms with Gasteiger partial charge in [-0.1, -0.05) is 66.7 Å². The van der Waals surface area contributed by atoms with Gasteiger partial charge in [-0.15, -0.1) is 0 Å². The fourth-order valence-corrected chi connectivity index (χ4v) is 7.06. The summed E-state index contributed by atoms with van der Waals surface area (Å²) in [7, 11) is 5.65. The standard InChI is InChI=1S/C46H55F3N6O4/c1-35(57)53-26-28-54(29-27-53)42-21-14-39(15-22-42)34-55(44(58)23-16-36-10-17-40(18-11-36)46(47,48)49)43(32-37-8-6-5-7-9-37)45(59)52(4)25-24-50(2)33-38-12-19-41(20-13-38)51(3)30-31-56/h5-23,43,56H,24-34H2,1-4H3. The van der Waals surface area contributed by atoms with Crippen molar-refractivity contribution in [1.29, 1.82) is 0 Å². The van der Waals surface area contributed by atoms with E-state index in [4.69, 9.17) is 0 Å². The van der Waals surface area contributed by atoms with Crippen molar-refractivity contribution in [2.45, 2.75) is 38.7 Å². The lowest BCUT2D eigenvalue weighted by molar-refractivity contribution is -0.143. The molecule has 1 aliphatic rings. The first kappa shape index (κ1) is 44.4. The molecular weight excluding hydrogens is 758 g/mol. The summed E-state index contributed by atoms with van der Waals surface area (Å²) in [6.45, 7) is 6.57.